The Balaban J connectivity index is 2.17. The number of anilines is 1. The Morgan fingerprint density at radius 1 is 0.964 bits per heavy atom. The highest BCUT2D eigenvalue weighted by atomic mass is 32.2. The van der Waals surface area contributed by atoms with E-state index in [4.69, 9.17) is 9.47 Å². The molecule has 0 spiro atoms. The quantitative estimate of drug-likeness (QED) is 0.634. The third-order valence-electron chi connectivity index (χ3n) is 3.68. The highest BCUT2D eigenvalue weighted by molar-refractivity contribution is 7.92. The summed E-state index contributed by atoms with van der Waals surface area (Å²) in [6.45, 7) is -0.265. The Morgan fingerprint density at radius 2 is 1.64 bits per heavy atom. The van der Waals surface area contributed by atoms with Gasteiger partial charge in [-0.1, -0.05) is 0 Å². The van der Waals surface area contributed by atoms with Crippen molar-refractivity contribution >= 4 is 27.6 Å². The van der Waals surface area contributed by atoms with Crippen molar-refractivity contribution in [3.63, 3.8) is 0 Å². The Kier molecular flexibility index (Phi) is 6.83. The second-order valence-corrected chi connectivity index (χ2v) is 7.11. The molecule has 0 unspecified atom stereocenters. The smallest absolute Gasteiger partial charge is 0.325 e. The fraction of sp³-hybridized carbons (Fsp3) is 0.222. The molecule has 0 saturated carbocycles. The molecule has 0 saturated heterocycles. The summed E-state index contributed by atoms with van der Waals surface area (Å²) in [5, 5.41) is 2.39. The van der Waals surface area contributed by atoms with Crippen LogP contribution in [0.5, 0.6) is 11.5 Å². The van der Waals surface area contributed by atoms with E-state index >= 15 is 0 Å². The monoisotopic (exact) mass is 408 g/mol. The van der Waals surface area contributed by atoms with Gasteiger partial charge in [0.1, 0.15) is 22.9 Å². The summed E-state index contributed by atoms with van der Waals surface area (Å²) < 4.78 is 42.4. The molecule has 1 amide bonds. The van der Waals surface area contributed by atoms with Crippen LogP contribution in [0.3, 0.4) is 0 Å². The lowest BCUT2D eigenvalue weighted by molar-refractivity contribution is -0.139. The van der Waals surface area contributed by atoms with Crippen LogP contribution in [-0.2, 0) is 19.6 Å². The summed E-state index contributed by atoms with van der Waals surface area (Å²) in [5.41, 5.74) is 0.500. The molecule has 0 aromatic heterocycles. The van der Waals surface area contributed by atoms with Crippen molar-refractivity contribution in [2.24, 2.45) is 0 Å². The van der Waals surface area contributed by atoms with E-state index in [1.807, 2.05) is 0 Å². The maximum atomic E-state index is 12.7. The topological polar surface area (TPSA) is 120 Å². The molecule has 2 aromatic rings. The Labute approximate surface area is 162 Å². The first-order valence-corrected chi connectivity index (χ1v) is 9.49. The second kappa shape index (κ2) is 9.09. The molecule has 10 heteroatoms. The lowest BCUT2D eigenvalue weighted by Gasteiger charge is -2.13. The third-order valence-corrected chi connectivity index (χ3v) is 5.08. The molecule has 150 valence electrons. The summed E-state index contributed by atoms with van der Waals surface area (Å²) in [7, 11) is 0.0415. The van der Waals surface area contributed by atoms with Gasteiger partial charge in [-0.15, -0.1) is 0 Å². The number of sulfonamides is 1. The van der Waals surface area contributed by atoms with Gasteiger partial charge >= 0.3 is 5.97 Å². The van der Waals surface area contributed by atoms with Gasteiger partial charge < -0.3 is 19.5 Å². The average Bonchev–Trinajstić information content (AvgIpc) is 2.71. The van der Waals surface area contributed by atoms with E-state index in [0.29, 0.717) is 5.75 Å². The molecule has 2 rings (SSSR count). The van der Waals surface area contributed by atoms with Crippen LogP contribution in [0.4, 0.5) is 5.69 Å². The Bertz CT molecular complexity index is 956. The molecule has 0 atom stereocenters. The van der Waals surface area contributed by atoms with Gasteiger partial charge in [0.2, 0.25) is 0 Å². The number of ether oxygens (including phenoxy) is 3. The van der Waals surface area contributed by atoms with Crippen molar-refractivity contribution in [2.45, 2.75) is 4.90 Å². The predicted molar refractivity (Wildman–Crippen MR) is 101 cm³/mol. The SMILES string of the molecule is COC(=O)CNC(=O)c1ccc(NS(=O)(=O)c2cc(OC)ccc2OC)cc1. The predicted octanol–water partition coefficient (Wildman–Crippen LogP) is 1.41. The molecular formula is C18H20N2O7S. The summed E-state index contributed by atoms with van der Waals surface area (Å²) in [4.78, 5) is 22.9. The molecule has 0 aliphatic carbocycles. The molecular weight excluding hydrogens is 388 g/mol. The van der Waals surface area contributed by atoms with Crippen LogP contribution < -0.4 is 19.5 Å². The number of methoxy groups -OCH3 is 3. The second-order valence-electron chi connectivity index (χ2n) is 5.46. The van der Waals surface area contributed by atoms with Gasteiger partial charge in [-0.25, -0.2) is 8.42 Å². The molecule has 0 aliphatic heterocycles. The molecule has 2 N–H and O–H groups in total. The van der Waals surface area contributed by atoms with Crippen molar-refractivity contribution in [3.8, 4) is 11.5 Å². The van der Waals surface area contributed by atoms with E-state index in [9.17, 15) is 18.0 Å². The number of hydrogen-bond donors (Lipinski definition) is 2. The van der Waals surface area contributed by atoms with E-state index in [2.05, 4.69) is 14.8 Å². The van der Waals surface area contributed by atoms with E-state index in [1.54, 1.807) is 6.07 Å². The molecule has 0 radical (unpaired) electrons. The lowest BCUT2D eigenvalue weighted by atomic mass is 10.2. The number of hydrogen-bond acceptors (Lipinski definition) is 7. The minimum Gasteiger partial charge on any atom is -0.497 e. The standard InChI is InChI=1S/C18H20N2O7S/c1-25-14-8-9-15(26-2)16(10-14)28(23,24)20-13-6-4-12(5-7-13)18(22)19-11-17(21)27-3/h4-10,20H,11H2,1-3H3,(H,19,22). The first-order chi connectivity index (χ1) is 13.3. The van der Waals surface area contributed by atoms with Gasteiger partial charge in [0.05, 0.1) is 21.3 Å². The highest BCUT2D eigenvalue weighted by Crippen LogP contribution is 2.29. The fourth-order valence-electron chi connectivity index (χ4n) is 2.22. The maximum absolute atomic E-state index is 12.7. The molecule has 0 aliphatic rings. The van der Waals surface area contributed by atoms with Gasteiger partial charge in [-0.2, -0.15) is 0 Å². The van der Waals surface area contributed by atoms with Crippen LogP contribution in [0.25, 0.3) is 0 Å². The van der Waals surface area contributed by atoms with Gasteiger partial charge in [-0.05, 0) is 36.4 Å². The van der Waals surface area contributed by atoms with Crippen molar-refractivity contribution in [2.75, 3.05) is 32.6 Å². The number of nitrogens with one attached hydrogen (secondary N) is 2. The summed E-state index contributed by atoms with van der Waals surface area (Å²) in [6, 6.07) is 10.1. The fourth-order valence-corrected chi connectivity index (χ4v) is 3.46. The molecule has 2 aromatic carbocycles. The summed E-state index contributed by atoms with van der Waals surface area (Å²) in [5.74, 6) is -0.551. The first kappa shape index (κ1) is 21.0. The molecule has 0 bridgehead atoms. The normalized spacial score (nSPS) is 10.7. The molecule has 28 heavy (non-hydrogen) atoms. The summed E-state index contributed by atoms with van der Waals surface area (Å²) >= 11 is 0. The zero-order valence-electron chi connectivity index (χ0n) is 15.5. The molecule has 0 heterocycles. The van der Waals surface area contributed by atoms with Crippen LogP contribution in [0.1, 0.15) is 10.4 Å². The number of carbonyl (C=O) groups is 2. The molecule has 0 fully saturated rings. The lowest BCUT2D eigenvalue weighted by Crippen LogP contribution is -2.30. The summed E-state index contributed by atoms with van der Waals surface area (Å²) in [6.07, 6.45) is 0. The van der Waals surface area contributed by atoms with Gasteiger partial charge in [0.15, 0.2) is 0 Å². The van der Waals surface area contributed by atoms with Crippen LogP contribution in [0.2, 0.25) is 0 Å². The highest BCUT2D eigenvalue weighted by Gasteiger charge is 2.21. The number of rotatable bonds is 8. The van der Waals surface area contributed by atoms with Crippen molar-refractivity contribution in [3.05, 3.63) is 48.0 Å². The van der Waals surface area contributed by atoms with Crippen molar-refractivity contribution in [1.29, 1.82) is 0 Å². The number of esters is 1. The maximum Gasteiger partial charge on any atom is 0.325 e. The van der Waals surface area contributed by atoms with Crippen molar-refractivity contribution in [1.82, 2.24) is 5.32 Å². The first-order valence-electron chi connectivity index (χ1n) is 8.00. The molecule has 9 nitrogen and oxygen atoms in total. The van der Waals surface area contributed by atoms with Crippen LogP contribution in [0.15, 0.2) is 47.4 Å². The average molecular weight is 408 g/mol. The minimum absolute atomic E-state index is 0.0887. The number of carbonyl (C=O) groups excluding carboxylic acids is 2. The van der Waals surface area contributed by atoms with Gasteiger partial charge in [-0.3, -0.25) is 14.3 Å². The van der Waals surface area contributed by atoms with E-state index < -0.39 is 21.9 Å². The van der Waals surface area contributed by atoms with Gasteiger partial charge in [0.25, 0.3) is 15.9 Å². The van der Waals surface area contributed by atoms with Gasteiger partial charge in [0, 0.05) is 17.3 Å². The van der Waals surface area contributed by atoms with E-state index in [0.717, 1.165) is 0 Å². The zero-order chi connectivity index (χ0) is 20.7. The van der Waals surface area contributed by atoms with Crippen LogP contribution >= 0.6 is 0 Å². The zero-order valence-corrected chi connectivity index (χ0v) is 16.3. The number of amides is 1. The van der Waals surface area contributed by atoms with Crippen molar-refractivity contribution < 1.29 is 32.2 Å². The van der Waals surface area contributed by atoms with E-state index in [-0.39, 0.29) is 28.4 Å². The van der Waals surface area contributed by atoms with Crippen LogP contribution in [-0.4, -0.2) is 48.2 Å². The van der Waals surface area contributed by atoms with E-state index in [1.165, 1.54) is 57.7 Å². The largest absolute Gasteiger partial charge is 0.497 e. The number of benzene rings is 2. The third kappa shape index (κ3) is 5.13. The Morgan fingerprint density at radius 3 is 2.21 bits per heavy atom. The van der Waals surface area contributed by atoms with Crippen LogP contribution in [0, 0.1) is 0 Å². The minimum atomic E-state index is -3.96. The Hall–Kier alpha value is -3.27.